The van der Waals surface area contributed by atoms with Gasteiger partial charge in [-0.3, -0.25) is 9.48 Å². The van der Waals surface area contributed by atoms with E-state index in [1.807, 2.05) is 46.1 Å². The normalized spacial score (nSPS) is 21.0. The van der Waals surface area contributed by atoms with Crippen LogP contribution < -0.4 is 5.73 Å². The van der Waals surface area contributed by atoms with Crippen molar-refractivity contribution in [2.45, 2.75) is 31.3 Å². The molecule has 0 radical (unpaired) electrons. The predicted molar refractivity (Wildman–Crippen MR) is 92.8 cm³/mol. The molecule has 23 heavy (non-hydrogen) atoms. The minimum atomic E-state index is -1.02. The Morgan fingerprint density at radius 1 is 1.39 bits per heavy atom. The van der Waals surface area contributed by atoms with E-state index in [0.29, 0.717) is 6.54 Å². The summed E-state index contributed by atoms with van der Waals surface area (Å²) in [7, 11) is 0. The molecule has 2 heterocycles. The van der Waals surface area contributed by atoms with Crippen LogP contribution in [0.5, 0.6) is 0 Å². The lowest BCUT2D eigenvalue weighted by atomic mass is 9.90. The summed E-state index contributed by atoms with van der Waals surface area (Å²) in [6.07, 6.45) is 5.72. The van der Waals surface area contributed by atoms with Gasteiger partial charge in [0, 0.05) is 30.0 Å². The summed E-state index contributed by atoms with van der Waals surface area (Å²) in [5.41, 5.74) is 6.20. The average Bonchev–Trinajstić information content (AvgIpc) is 3.09. The smallest absolute Gasteiger partial charge is 0.247 e. The molecule has 1 aliphatic heterocycles. The van der Waals surface area contributed by atoms with Gasteiger partial charge in [-0.1, -0.05) is 28.1 Å². The fraction of sp³-hybridized carbons (Fsp3) is 0.412. The number of aromatic nitrogens is 2. The van der Waals surface area contributed by atoms with E-state index < -0.39 is 5.54 Å². The first-order valence-corrected chi connectivity index (χ1v) is 8.61. The molecule has 2 aromatic rings. The number of likely N-dealkylation sites (tertiary alicyclic amines) is 1. The first kappa shape index (κ1) is 16.2. The Morgan fingerprint density at radius 2 is 2.13 bits per heavy atom. The van der Waals surface area contributed by atoms with E-state index in [4.69, 9.17) is 5.73 Å². The number of carbonyl (C=O) groups is 1. The summed E-state index contributed by atoms with van der Waals surface area (Å²) in [5.74, 6) is -0.0309. The number of hydrogen-bond donors (Lipinski definition) is 1. The van der Waals surface area contributed by atoms with Crippen LogP contribution in [0, 0.1) is 0 Å². The van der Waals surface area contributed by atoms with Gasteiger partial charge in [-0.05, 0) is 43.5 Å². The molecule has 2 unspecified atom stereocenters. The van der Waals surface area contributed by atoms with Crippen molar-refractivity contribution in [3.05, 3.63) is 52.8 Å². The van der Waals surface area contributed by atoms with Crippen molar-refractivity contribution in [3.63, 3.8) is 0 Å². The van der Waals surface area contributed by atoms with Crippen molar-refractivity contribution in [1.82, 2.24) is 14.7 Å². The van der Waals surface area contributed by atoms with Gasteiger partial charge in [-0.25, -0.2) is 0 Å². The van der Waals surface area contributed by atoms with Crippen molar-refractivity contribution in [2.24, 2.45) is 5.73 Å². The maximum absolute atomic E-state index is 13.0. The highest BCUT2D eigenvalue weighted by Gasteiger charge is 2.36. The second-order valence-corrected chi connectivity index (χ2v) is 7.16. The lowest BCUT2D eigenvalue weighted by Gasteiger charge is -2.37. The van der Waals surface area contributed by atoms with Gasteiger partial charge in [-0.15, -0.1) is 0 Å². The fourth-order valence-electron chi connectivity index (χ4n) is 3.10. The van der Waals surface area contributed by atoms with E-state index in [-0.39, 0.29) is 11.9 Å². The minimum absolute atomic E-state index is 0.0309. The Hall–Kier alpha value is -1.66. The van der Waals surface area contributed by atoms with Crippen LogP contribution in [0.4, 0.5) is 0 Å². The number of hydrogen-bond acceptors (Lipinski definition) is 3. The lowest BCUT2D eigenvalue weighted by molar-refractivity contribution is -0.138. The first-order valence-electron chi connectivity index (χ1n) is 7.82. The molecule has 1 saturated heterocycles. The molecule has 5 nitrogen and oxygen atoms in total. The highest BCUT2D eigenvalue weighted by Crippen LogP contribution is 2.27. The van der Waals surface area contributed by atoms with Crippen molar-refractivity contribution in [3.8, 4) is 0 Å². The molecule has 2 N–H and O–H groups in total. The van der Waals surface area contributed by atoms with Crippen LogP contribution in [-0.4, -0.2) is 33.7 Å². The fourth-order valence-corrected chi connectivity index (χ4v) is 3.36. The molecule has 2 atom stereocenters. The van der Waals surface area contributed by atoms with E-state index in [1.165, 1.54) is 0 Å². The van der Waals surface area contributed by atoms with Gasteiger partial charge in [0.1, 0.15) is 5.54 Å². The molecular formula is C17H21BrN4O. The standard InChI is InChI=1S/C17H21BrN4O/c1-17(19,13-5-7-14(18)8-6-13)16(23)21-10-2-4-15(12-21)22-11-3-9-20-22/h3,5-9,11,15H,2,4,10,12,19H2,1H3. The summed E-state index contributed by atoms with van der Waals surface area (Å²) in [5, 5.41) is 4.31. The van der Waals surface area contributed by atoms with Gasteiger partial charge < -0.3 is 10.6 Å². The van der Waals surface area contributed by atoms with Crippen LogP contribution in [-0.2, 0) is 10.3 Å². The molecule has 1 amide bonds. The highest BCUT2D eigenvalue weighted by molar-refractivity contribution is 9.10. The van der Waals surface area contributed by atoms with Gasteiger partial charge in [0.25, 0.3) is 0 Å². The van der Waals surface area contributed by atoms with Crippen LogP contribution in [0.3, 0.4) is 0 Å². The van der Waals surface area contributed by atoms with Gasteiger partial charge in [-0.2, -0.15) is 5.10 Å². The maximum atomic E-state index is 13.0. The number of carbonyl (C=O) groups excluding carboxylic acids is 1. The minimum Gasteiger partial charge on any atom is -0.339 e. The predicted octanol–water partition coefficient (Wildman–Crippen LogP) is 2.68. The number of nitrogens with zero attached hydrogens (tertiary/aromatic N) is 3. The van der Waals surface area contributed by atoms with E-state index in [2.05, 4.69) is 21.0 Å². The Balaban J connectivity index is 1.77. The monoisotopic (exact) mass is 376 g/mol. The Kier molecular flexibility index (Phi) is 4.55. The number of halogens is 1. The van der Waals surface area contributed by atoms with Crippen molar-refractivity contribution in [1.29, 1.82) is 0 Å². The second kappa shape index (κ2) is 6.45. The highest BCUT2D eigenvalue weighted by atomic mass is 79.9. The SMILES string of the molecule is CC(N)(C(=O)N1CCCC(n2cccn2)C1)c1ccc(Br)cc1. The van der Waals surface area contributed by atoms with Crippen LogP contribution in [0.2, 0.25) is 0 Å². The van der Waals surface area contributed by atoms with E-state index in [1.54, 1.807) is 13.1 Å². The van der Waals surface area contributed by atoms with Crippen LogP contribution in [0.1, 0.15) is 31.4 Å². The van der Waals surface area contributed by atoms with Crippen LogP contribution >= 0.6 is 15.9 Å². The van der Waals surface area contributed by atoms with Gasteiger partial charge >= 0.3 is 0 Å². The molecule has 122 valence electrons. The van der Waals surface area contributed by atoms with Crippen molar-refractivity contribution < 1.29 is 4.79 Å². The van der Waals surface area contributed by atoms with Crippen molar-refractivity contribution in [2.75, 3.05) is 13.1 Å². The molecule has 0 spiro atoms. The second-order valence-electron chi connectivity index (χ2n) is 6.24. The third-order valence-corrected chi connectivity index (χ3v) is 5.00. The Bertz CT molecular complexity index is 666. The summed E-state index contributed by atoms with van der Waals surface area (Å²) in [4.78, 5) is 14.9. The summed E-state index contributed by atoms with van der Waals surface area (Å²) >= 11 is 3.41. The summed E-state index contributed by atoms with van der Waals surface area (Å²) in [6.45, 7) is 3.19. The van der Waals surface area contributed by atoms with Gasteiger partial charge in [0.05, 0.1) is 6.04 Å². The van der Waals surface area contributed by atoms with E-state index in [0.717, 1.165) is 29.4 Å². The number of piperidine rings is 1. The quantitative estimate of drug-likeness (QED) is 0.895. The summed E-state index contributed by atoms with van der Waals surface area (Å²) in [6, 6.07) is 9.76. The molecule has 0 aliphatic carbocycles. The lowest BCUT2D eigenvalue weighted by Crippen LogP contribution is -2.53. The van der Waals surface area contributed by atoms with Gasteiger partial charge in [0.15, 0.2) is 0 Å². The largest absolute Gasteiger partial charge is 0.339 e. The zero-order valence-corrected chi connectivity index (χ0v) is 14.7. The molecule has 1 fully saturated rings. The topological polar surface area (TPSA) is 64.2 Å². The zero-order chi connectivity index (χ0) is 16.4. The molecule has 0 bridgehead atoms. The molecule has 1 aliphatic rings. The third kappa shape index (κ3) is 3.33. The Labute approximate surface area is 144 Å². The average molecular weight is 377 g/mol. The molecule has 1 aromatic heterocycles. The molecule has 3 rings (SSSR count). The molecular weight excluding hydrogens is 356 g/mol. The van der Waals surface area contributed by atoms with E-state index in [9.17, 15) is 4.79 Å². The number of rotatable bonds is 3. The molecule has 0 saturated carbocycles. The molecule has 1 aromatic carbocycles. The zero-order valence-electron chi connectivity index (χ0n) is 13.2. The van der Waals surface area contributed by atoms with Crippen LogP contribution in [0.15, 0.2) is 47.2 Å². The number of amides is 1. The van der Waals surface area contributed by atoms with Crippen LogP contribution in [0.25, 0.3) is 0 Å². The summed E-state index contributed by atoms with van der Waals surface area (Å²) < 4.78 is 2.91. The molecule has 6 heteroatoms. The maximum Gasteiger partial charge on any atom is 0.247 e. The third-order valence-electron chi connectivity index (χ3n) is 4.47. The van der Waals surface area contributed by atoms with Crippen molar-refractivity contribution >= 4 is 21.8 Å². The van der Waals surface area contributed by atoms with E-state index >= 15 is 0 Å². The first-order chi connectivity index (χ1) is 11.0. The number of benzene rings is 1. The van der Waals surface area contributed by atoms with Gasteiger partial charge in [0.2, 0.25) is 5.91 Å². The number of nitrogens with two attached hydrogens (primary N) is 1. The Morgan fingerprint density at radius 3 is 2.78 bits per heavy atom.